The minimum absolute atomic E-state index is 0.504. The second kappa shape index (κ2) is 10.6. The smallest absolute Gasteiger partial charge is 0.150 e. The monoisotopic (exact) mass is 358 g/mol. The van der Waals surface area contributed by atoms with Gasteiger partial charge in [0.05, 0.1) is 17.9 Å². The standard InChI is InChI=1S/C20H20N4.C3H6/c1-15(2)24-20(23-14-17-10-6-7-12-21-17)19-18(11-13-22-19)16-8-4-3-5-9-16;1-3-2/h3-13,22H,1,14H2,2H3,(H,23,24);3H,1H2,2H3. The van der Waals surface area contributed by atoms with Crippen molar-refractivity contribution in [3.63, 3.8) is 0 Å². The summed E-state index contributed by atoms with van der Waals surface area (Å²) in [5.41, 5.74) is 4.95. The number of aromatic nitrogens is 2. The summed E-state index contributed by atoms with van der Waals surface area (Å²) >= 11 is 0. The molecule has 0 saturated carbocycles. The minimum atomic E-state index is 0.504. The number of nitrogens with zero attached hydrogens (tertiary/aromatic N) is 2. The molecule has 0 radical (unpaired) electrons. The summed E-state index contributed by atoms with van der Waals surface area (Å²) in [6.45, 7) is 11.6. The highest BCUT2D eigenvalue weighted by Crippen LogP contribution is 2.23. The molecule has 0 atom stereocenters. The molecule has 1 aromatic carbocycles. The predicted molar refractivity (Wildman–Crippen MR) is 115 cm³/mol. The van der Waals surface area contributed by atoms with Gasteiger partial charge in [-0.1, -0.05) is 49.1 Å². The highest BCUT2D eigenvalue weighted by atomic mass is 15.0. The van der Waals surface area contributed by atoms with Crippen molar-refractivity contribution in [2.75, 3.05) is 0 Å². The van der Waals surface area contributed by atoms with Crippen LogP contribution in [0.5, 0.6) is 0 Å². The Kier molecular flexibility index (Phi) is 7.79. The lowest BCUT2D eigenvalue weighted by Crippen LogP contribution is -2.23. The van der Waals surface area contributed by atoms with Gasteiger partial charge in [0, 0.05) is 23.7 Å². The van der Waals surface area contributed by atoms with Crippen molar-refractivity contribution in [2.24, 2.45) is 4.99 Å². The summed E-state index contributed by atoms with van der Waals surface area (Å²) in [5.74, 6) is 0.761. The summed E-state index contributed by atoms with van der Waals surface area (Å²) in [7, 11) is 0. The van der Waals surface area contributed by atoms with Gasteiger partial charge in [0.1, 0.15) is 5.84 Å². The summed E-state index contributed by atoms with van der Waals surface area (Å²) in [6.07, 6.45) is 5.45. The van der Waals surface area contributed by atoms with E-state index in [1.807, 2.05) is 56.4 Å². The first-order chi connectivity index (χ1) is 13.2. The van der Waals surface area contributed by atoms with Crippen LogP contribution in [-0.4, -0.2) is 15.8 Å². The number of amidine groups is 1. The van der Waals surface area contributed by atoms with Crippen molar-refractivity contribution >= 4 is 5.84 Å². The third-order valence-electron chi connectivity index (χ3n) is 3.53. The molecule has 2 heterocycles. The van der Waals surface area contributed by atoms with E-state index in [4.69, 9.17) is 4.99 Å². The van der Waals surface area contributed by atoms with E-state index in [9.17, 15) is 0 Å². The van der Waals surface area contributed by atoms with Gasteiger partial charge in [0.15, 0.2) is 0 Å². The van der Waals surface area contributed by atoms with Gasteiger partial charge in [0.2, 0.25) is 0 Å². The van der Waals surface area contributed by atoms with Gasteiger partial charge in [-0.05, 0) is 37.6 Å². The predicted octanol–water partition coefficient (Wildman–Crippen LogP) is 5.34. The second-order valence-electron chi connectivity index (χ2n) is 5.93. The molecule has 2 aromatic heterocycles. The van der Waals surface area contributed by atoms with Gasteiger partial charge in [0.25, 0.3) is 0 Å². The second-order valence-corrected chi connectivity index (χ2v) is 5.93. The van der Waals surface area contributed by atoms with Gasteiger partial charge in [-0.15, -0.1) is 6.58 Å². The zero-order chi connectivity index (χ0) is 19.5. The zero-order valence-electron chi connectivity index (χ0n) is 15.9. The Balaban J connectivity index is 0.000000817. The first-order valence-corrected chi connectivity index (χ1v) is 8.82. The molecule has 0 fully saturated rings. The molecule has 0 unspecified atom stereocenters. The number of pyridine rings is 1. The van der Waals surface area contributed by atoms with E-state index in [-0.39, 0.29) is 0 Å². The van der Waals surface area contributed by atoms with Crippen molar-refractivity contribution in [1.29, 1.82) is 0 Å². The summed E-state index contributed by atoms with van der Waals surface area (Å²) < 4.78 is 0. The number of hydrogen-bond donors (Lipinski definition) is 2. The molecular weight excluding hydrogens is 332 g/mol. The van der Waals surface area contributed by atoms with Crippen LogP contribution in [0.4, 0.5) is 0 Å². The molecule has 3 rings (SSSR count). The molecule has 2 N–H and O–H groups in total. The summed E-state index contributed by atoms with van der Waals surface area (Å²) in [5, 5.41) is 3.26. The Hall–Kier alpha value is -3.40. The number of H-pyrrole nitrogens is 1. The third-order valence-corrected chi connectivity index (χ3v) is 3.53. The quantitative estimate of drug-likeness (QED) is 0.367. The van der Waals surface area contributed by atoms with Crippen LogP contribution in [0.3, 0.4) is 0 Å². The van der Waals surface area contributed by atoms with Gasteiger partial charge >= 0.3 is 0 Å². The van der Waals surface area contributed by atoms with Gasteiger partial charge in [-0.3, -0.25) is 9.98 Å². The van der Waals surface area contributed by atoms with Crippen molar-refractivity contribution in [3.05, 3.63) is 103 Å². The zero-order valence-corrected chi connectivity index (χ0v) is 15.9. The average molecular weight is 358 g/mol. The van der Waals surface area contributed by atoms with Crippen molar-refractivity contribution < 1.29 is 0 Å². The number of aliphatic imine (C=N–C) groups is 1. The molecule has 0 amide bonds. The molecule has 4 heteroatoms. The molecule has 0 aliphatic rings. The topological polar surface area (TPSA) is 53.1 Å². The van der Waals surface area contributed by atoms with Gasteiger partial charge in [-0.2, -0.15) is 0 Å². The van der Waals surface area contributed by atoms with E-state index in [2.05, 4.69) is 46.6 Å². The van der Waals surface area contributed by atoms with E-state index in [0.717, 1.165) is 34.0 Å². The Bertz CT molecular complexity index is 877. The molecule has 4 nitrogen and oxygen atoms in total. The summed E-state index contributed by atoms with van der Waals surface area (Å²) in [4.78, 5) is 12.3. The molecule has 0 saturated heterocycles. The highest BCUT2D eigenvalue weighted by Gasteiger charge is 2.12. The molecule has 0 spiro atoms. The Labute approximate surface area is 161 Å². The van der Waals surface area contributed by atoms with Crippen LogP contribution in [-0.2, 0) is 6.54 Å². The molecular formula is C23H26N4. The number of nitrogens with one attached hydrogen (secondary N) is 2. The largest absolute Gasteiger partial charge is 0.358 e. The van der Waals surface area contributed by atoms with Crippen molar-refractivity contribution in [1.82, 2.24) is 15.3 Å². The lowest BCUT2D eigenvalue weighted by atomic mass is 10.1. The maximum atomic E-state index is 4.71. The fraction of sp³-hybridized carbons (Fsp3) is 0.130. The maximum Gasteiger partial charge on any atom is 0.150 e. The first kappa shape index (κ1) is 19.9. The molecule has 0 bridgehead atoms. The van der Waals surface area contributed by atoms with Crippen LogP contribution in [0.15, 0.2) is 96.9 Å². The Morgan fingerprint density at radius 1 is 1.15 bits per heavy atom. The van der Waals surface area contributed by atoms with E-state index in [1.165, 1.54) is 0 Å². The van der Waals surface area contributed by atoms with Gasteiger partial charge < -0.3 is 10.3 Å². The first-order valence-electron chi connectivity index (χ1n) is 8.82. The van der Waals surface area contributed by atoms with E-state index < -0.39 is 0 Å². The highest BCUT2D eigenvalue weighted by molar-refractivity contribution is 6.03. The fourth-order valence-electron chi connectivity index (χ4n) is 2.46. The van der Waals surface area contributed by atoms with Crippen LogP contribution in [0.2, 0.25) is 0 Å². The number of allylic oxidation sites excluding steroid dienone is 2. The normalized spacial score (nSPS) is 10.5. The van der Waals surface area contributed by atoms with Crippen molar-refractivity contribution in [2.45, 2.75) is 20.4 Å². The molecule has 138 valence electrons. The molecule has 0 aliphatic carbocycles. The van der Waals surface area contributed by atoms with Crippen LogP contribution < -0.4 is 5.32 Å². The average Bonchev–Trinajstić information content (AvgIpc) is 3.17. The van der Waals surface area contributed by atoms with Crippen LogP contribution in [0, 0.1) is 0 Å². The minimum Gasteiger partial charge on any atom is -0.358 e. The van der Waals surface area contributed by atoms with E-state index in [1.54, 1.807) is 12.3 Å². The van der Waals surface area contributed by atoms with Crippen molar-refractivity contribution in [3.8, 4) is 11.1 Å². The van der Waals surface area contributed by atoms with E-state index >= 15 is 0 Å². The lowest BCUT2D eigenvalue weighted by Gasteiger charge is -2.11. The number of rotatable bonds is 5. The maximum absolute atomic E-state index is 4.71. The number of benzene rings is 1. The molecule has 3 aromatic rings. The third kappa shape index (κ3) is 6.12. The lowest BCUT2D eigenvalue weighted by molar-refractivity contribution is 0.964. The van der Waals surface area contributed by atoms with E-state index in [0.29, 0.717) is 6.54 Å². The molecule has 27 heavy (non-hydrogen) atoms. The number of aromatic amines is 1. The van der Waals surface area contributed by atoms with Crippen LogP contribution >= 0.6 is 0 Å². The van der Waals surface area contributed by atoms with Gasteiger partial charge in [-0.25, -0.2) is 0 Å². The fourth-order valence-corrected chi connectivity index (χ4v) is 2.46. The Morgan fingerprint density at radius 2 is 1.85 bits per heavy atom. The molecule has 0 aliphatic heterocycles. The Morgan fingerprint density at radius 3 is 2.48 bits per heavy atom. The SMILES string of the molecule is C=C(C)NC(=NCc1ccccn1)c1[nH]ccc1-c1ccccc1.C=CC. The summed E-state index contributed by atoms with van der Waals surface area (Å²) in [6, 6.07) is 18.1. The van der Waals surface area contributed by atoms with Crippen LogP contribution in [0.1, 0.15) is 25.2 Å². The van der Waals surface area contributed by atoms with Crippen LogP contribution in [0.25, 0.3) is 11.1 Å². The number of hydrogen-bond acceptors (Lipinski definition) is 2.